The third-order valence-electron chi connectivity index (χ3n) is 6.04. The number of fused-ring (bicyclic) bond motifs is 1. The van der Waals surface area contributed by atoms with Crippen molar-refractivity contribution in [3.63, 3.8) is 0 Å². The van der Waals surface area contributed by atoms with Crippen molar-refractivity contribution in [2.45, 2.75) is 37.8 Å². The van der Waals surface area contributed by atoms with Crippen molar-refractivity contribution in [1.82, 2.24) is 4.57 Å². The maximum Gasteiger partial charge on any atom is 0.338 e. The van der Waals surface area contributed by atoms with Crippen LogP contribution in [0.2, 0.25) is 5.02 Å². The molecule has 0 aliphatic carbocycles. The van der Waals surface area contributed by atoms with E-state index in [1.54, 1.807) is 55.3 Å². The number of benzene rings is 2. The van der Waals surface area contributed by atoms with Crippen LogP contribution in [0.3, 0.4) is 0 Å². The lowest BCUT2D eigenvalue weighted by Gasteiger charge is -2.25. The van der Waals surface area contributed by atoms with E-state index in [2.05, 4.69) is 4.99 Å². The number of thioether (sulfide) groups is 1. The molecule has 0 N–H and O–H groups in total. The maximum atomic E-state index is 13.8. The van der Waals surface area contributed by atoms with Gasteiger partial charge in [0, 0.05) is 21.6 Å². The first-order chi connectivity index (χ1) is 18.2. The third kappa shape index (κ3) is 5.16. The highest BCUT2D eigenvalue weighted by Gasteiger charge is 2.33. The number of hydrogen-bond acceptors (Lipinski definition) is 7. The molecule has 0 fully saturated rings. The molecule has 6 nitrogen and oxygen atoms in total. The molecule has 0 bridgehead atoms. The number of nitrogens with zero attached hydrogens (tertiary/aromatic N) is 2. The summed E-state index contributed by atoms with van der Waals surface area (Å²) in [6.07, 6.45) is 3.41. The highest BCUT2D eigenvalue weighted by Crippen LogP contribution is 2.32. The summed E-state index contributed by atoms with van der Waals surface area (Å²) in [4.78, 5) is 33.2. The summed E-state index contributed by atoms with van der Waals surface area (Å²) >= 11 is 8.89. The Hall–Kier alpha value is -3.33. The topological polar surface area (TPSA) is 73.8 Å². The van der Waals surface area contributed by atoms with Crippen LogP contribution >= 0.6 is 34.7 Å². The third-order valence-corrected chi connectivity index (χ3v) is 8.02. The van der Waals surface area contributed by atoms with Crippen LogP contribution in [0, 0.1) is 0 Å². The predicted octanol–water partition coefficient (Wildman–Crippen LogP) is 5.82. The summed E-state index contributed by atoms with van der Waals surface area (Å²) < 4.78 is 13.6. The van der Waals surface area contributed by atoms with Gasteiger partial charge in [0.05, 0.1) is 27.9 Å². The number of aromatic nitrogens is 1. The number of carbonyl (C=O) groups is 1. The van der Waals surface area contributed by atoms with Crippen molar-refractivity contribution in [2.24, 2.45) is 4.99 Å². The van der Waals surface area contributed by atoms with Crippen LogP contribution in [0.5, 0.6) is 0 Å². The van der Waals surface area contributed by atoms with Gasteiger partial charge in [0.15, 0.2) is 4.80 Å². The molecule has 1 aliphatic heterocycles. The quantitative estimate of drug-likeness (QED) is 0.218. The average Bonchev–Trinajstić information content (AvgIpc) is 3.47. The molecule has 1 unspecified atom stereocenters. The Labute approximate surface area is 232 Å². The molecule has 9 heteroatoms. The number of halogens is 1. The van der Waals surface area contributed by atoms with Gasteiger partial charge < -0.3 is 9.15 Å². The molecule has 0 amide bonds. The zero-order valence-corrected chi connectivity index (χ0v) is 23.6. The number of carbonyl (C=O) groups excluding carboxylic acids is 1. The summed E-state index contributed by atoms with van der Waals surface area (Å²) in [5, 5.41) is 0.645. The van der Waals surface area contributed by atoms with Crippen molar-refractivity contribution in [3.8, 4) is 11.3 Å². The molecule has 5 rings (SSSR count). The van der Waals surface area contributed by atoms with Crippen LogP contribution in [0.1, 0.15) is 38.1 Å². The SMILES string of the molecule is CSc1ccc(C2C(C(=O)OC(C)C)=C(C)N=c3s/c(=C\c4ccc(-c5ccc(Cl)cc5)o4)c(=O)n32)cc1. The Balaban J connectivity index is 1.62. The van der Waals surface area contributed by atoms with Crippen molar-refractivity contribution in [2.75, 3.05) is 6.26 Å². The van der Waals surface area contributed by atoms with Gasteiger partial charge in [0.2, 0.25) is 0 Å². The lowest BCUT2D eigenvalue weighted by atomic mass is 9.96. The minimum absolute atomic E-state index is 0.250. The number of furan rings is 1. The number of rotatable bonds is 6. The Morgan fingerprint density at radius 2 is 1.84 bits per heavy atom. The van der Waals surface area contributed by atoms with E-state index in [0.29, 0.717) is 37.1 Å². The molecule has 2 aromatic carbocycles. The first-order valence-electron chi connectivity index (χ1n) is 12.0. The number of allylic oxidation sites excluding steroid dienone is 1. The molecule has 4 aromatic rings. The molecular formula is C29H25ClN2O4S2. The lowest BCUT2D eigenvalue weighted by molar-refractivity contribution is -0.143. The van der Waals surface area contributed by atoms with Gasteiger partial charge in [-0.2, -0.15) is 0 Å². The summed E-state index contributed by atoms with van der Waals surface area (Å²) in [6, 6.07) is 18.2. The Morgan fingerprint density at radius 3 is 2.50 bits per heavy atom. The standard InChI is InChI=1S/C29H25ClN2O4S2/c1-16(2)35-28(34)25-17(3)31-29-32(26(25)19-7-12-22(37-4)13-8-19)27(33)24(38-29)15-21-11-14-23(36-21)18-5-9-20(30)10-6-18/h5-16,26H,1-4H3/b24-15-. The van der Waals surface area contributed by atoms with E-state index in [-0.39, 0.29) is 11.7 Å². The van der Waals surface area contributed by atoms with E-state index in [1.165, 1.54) is 11.3 Å². The number of ether oxygens (including phenoxy) is 1. The Morgan fingerprint density at radius 1 is 1.13 bits per heavy atom. The van der Waals surface area contributed by atoms with Crippen molar-refractivity contribution >= 4 is 46.7 Å². The largest absolute Gasteiger partial charge is 0.459 e. The summed E-state index contributed by atoms with van der Waals surface area (Å²) in [5.74, 6) is 0.728. The fraction of sp³-hybridized carbons (Fsp3) is 0.207. The van der Waals surface area contributed by atoms with E-state index in [9.17, 15) is 9.59 Å². The van der Waals surface area contributed by atoms with E-state index in [1.807, 2.05) is 54.8 Å². The van der Waals surface area contributed by atoms with E-state index >= 15 is 0 Å². The second-order valence-electron chi connectivity index (χ2n) is 9.02. The molecule has 194 valence electrons. The smallest absolute Gasteiger partial charge is 0.338 e. The fourth-order valence-corrected chi connectivity index (χ4v) is 5.85. The van der Waals surface area contributed by atoms with Gasteiger partial charge in [0.1, 0.15) is 11.5 Å². The molecule has 3 heterocycles. The predicted molar refractivity (Wildman–Crippen MR) is 152 cm³/mol. The van der Waals surface area contributed by atoms with Gasteiger partial charge in [-0.3, -0.25) is 9.36 Å². The molecular weight excluding hydrogens is 540 g/mol. The minimum Gasteiger partial charge on any atom is -0.459 e. The molecule has 0 saturated carbocycles. The molecule has 2 aromatic heterocycles. The molecule has 38 heavy (non-hydrogen) atoms. The van der Waals surface area contributed by atoms with E-state index in [0.717, 1.165) is 16.0 Å². The Kier molecular flexibility index (Phi) is 7.47. The second kappa shape index (κ2) is 10.8. The van der Waals surface area contributed by atoms with Crippen LogP contribution in [0.25, 0.3) is 17.4 Å². The van der Waals surface area contributed by atoms with Crippen LogP contribution in [0.4, 0.5) is 0 Å². The van der Waals surface area contributed by atoms with Gasteiger partial charge in [-0.05, 0) is 81.1 Å². The second-order valence-corrected chi connectivity index (χ2v) is 11.3. The normalized spacial score (nSPS) is 15.5. The number of thiazole rings is 1. The first kappa shape index (κ1) is 26.3. The monoisotopic (exact) mass is 564 g/mol. The van der Waals surface area contributed by atoms with Crippen LogP contribution in [0.15, 0.2) is 91.0 Å². The van der Waals surface area contributed by atoms with Crippen molar-refractivity contribution < 1.29 is 13.9 Å². The van der Waals surface area contributed by atoms with Gasteiger partial charge in [-0.25, -0.2) is 9.79 Å². The van der Waals surface area contributed by atoms with E-state index < -0.39 is 12.0 Å². The van der Waals surface area contributed by atoms with Gasteiger partial charge in [-0.1, -0.05) is 35.1 Å². The van der Waals surface area contributed by atoms with Crippen LogP contribution in [-0.4, -0.2) is 22.9 Å². The van der Waals surface area contributed by atoms with Gasteiger partial charge in [0.25, 0.3) is 5.56 Å². The lowest BCUT2D eigenvalue weighted by Crippen LogP contribution is -2.40. The highest BCUT2D eigenvalue weighted by molar-refractivity contribution is 7.98. The van der Waals surface area contributed by atoms with Crippen LogP contribution in [-0.2, 0) is 9.53 Å². The van der Waals surface area contributed by atoms with E-state index in [4.69, 9.17) is 20.8 Å². The van der Waals surface area contributed by atoms with Gasteiger partial charge >= 0.3 is 5.97 Å². The fourth-order valence-electron chi connectivity index (χ4n) is 4.29. The molecule has 1 aliphatic rings. The molecule has 0 saturated heterocycles. The highest BCUT2D eigenvalue weighted by atomic mass is 35.5. The number of hydrogen-bond donors (Lipinski definition) is 0. The summed E-state index contributed by atoms with van der Waals surface area (Å²) in [5.41, 5.74) is 2.33. The average molecular weight is 565 g/mol. The Bertz CT molecular complexity index is 1710. The summed E-state index contributed by atoms with van der Waals surface area (Å²) in [6.45, 7) is 5.38. The first-order valence-corrected chi connectivity index (χ1v) is 14.4. The number of esters is 1. The van der Waals surface area contributed by atoms with Gasteiger partial charge in [-0.15, -0.1) is 11.8 Å². The van der Waals surface area contributed by atoms with Crippen molar-refractivity contribution in [3.05, 3.63) is 108 Å². The molecule has 0 radical (unpaired) electrons. The zero-order chi connectivity index (χ0) is 27.0. The van der Waals surface area contributed by atoms with Crippen molar-refractivity contribution in [1.29, 1.82) is 0 Å². The molecule has 1 atom stereocenters. The maximum absolute atomic E-state index is 13.8. The zero-order valence-electron chi connectivity index (χ0n) is 21.2. The summed E-state index contributed by atoms with van der Waals surface area (Å²) in [7, 11) is 0. The van der Waals surface area contributed by atoms with Crippen LogP contribution < -0.4 is 14.9 Å². The molecule has 0 spiro atoms. The minimum atomic E-state index is -0.656.